The average molecular weight is 249 g/mol. The fraction of sp³-hybridized carbons (Fsp3) is 0.571. The Kier molecular flexibility index (Phi) is 4.09. The van der Waals surface area contributed by atoms with E-state index < -0.39 is 0 Å². The van der Waals surface area contributed by atoms with E-state index in [-0.39, 0.29) is 0 Å². The molecule has 1 aromatic carbocycles. The first-order valence-corrected chi connectivity index (χ1v) is 6.47. The third kappa shape index (κ3) is 2.44. The zero-order chi connectivity index (χ0) is 13.1. The molecule has 0 bridgehead atoms. The standard InChI is InChI=1S/C14H23N3O/c1-11-9-17(12(8-15)10-16(11)2)13-6-4-5-7-14(13)18-3/h4-7,11-12H,8-10,15H2,1-3H3. The molecule has 1 fully saturated rings. The first-order valence-electron chi connectivity index (χ1n) is 6.47. The lowest BCUT2D eigenvalue weighted by molar-refractivity contribution is 0.201. The summed E-state index contributed by atoms with van der Waals surface area (Å²) in [7, 11) is 3.88. The molecule has 0 aromatic heterocycles. The number of ether oxygens (including phenoxy) is 1. The molecule has 0 aliphatic carbocycles. The van der Waals surface area contributed by atoms with Gasteiger partial charge in [0.25, 0.3) is 0 Å². The highest BCUT2D eigenvalue weighted by molar-refractivity contribution is 5.59. The Balaban J connectivity index is 2.29. The van der Waals surface area contributed by atoms with Gasteiger partial charge in [0, 0.05) is 25.7 Å². The predicted molar refractivity (Wildman–Crippen MR) is 75.3 cm³/mol. The zero-order valence-electron chi connectivity index (χ0n) is 11.5. The van der Waals surface area contributed by atoms with Crippen molar-refractivity contribution in [3.05, 3.63) is 24.3 Å². The van der Waals surface area contributed by atoms with Gasteiger partial charge in [0.2, 0.25) is 0 Å². The fourth-order valence-corrected chi connectivity index (χ4v) is 2.55. The number of benzene rings is 1. The third-order valence-electron chi connectivity index (χ3n) is 3.82. The maximum Gasteiger partial charge on any atom is 0.142 e. The van der Waals surface area contributed by atoms with Gasteiger partial charge in [-0.3, -0.25) is 4.90 Å². The molecular weight excluding hydrogens is 226 g/mol. The first kappa shape index (κ1) is 13.2. The number of piperazine rings is 1. The summed E-state index contributed by atoms with van der Waals surface area (Å²) in [4.78, 5) is 4.74. The van der Waals surface area contributed by atoms with Gasteiger partial charge in [0.05, 0.1) is 18.8 Å². The Bertz CT molecular complexity index is 396. The summed E-state index contributed by atoms with van der Waals surface area (Å²) in [6.07, 6.45) is 0. The van der Waals surface area contributed by atoms with Crippen molar-refractivity contribution in [3.63, 3.8) is 0 Å². The van der Waals surface area contributed by atoms with Crippen LogP contribution in [0.5, 0.6) is 5.75 Å². The normalized spacial score (nSPS) is 25.2. The van der Waals surface area contributed by atoms with Crippen LogP contribution < -0.4 is 15.4 Å². The molecule has 0 radical (unpaired) electrons. The summed E-state index contributed by atoms with van der Waals surface area (Å²) in [5.74, 6) is 0.924. The zero-order valence-corrected chi connectivity index (χ0v) is 11.5. The van der Waals surface area contributed by atoms with E-state index in [0.717, 1.165) is 24.5 Å². The van der Waals surface area contributed by atoms with Gasteiger partial charge in [-0.15, -0.1) is 0 Å². The summed E-state index contributed by atoms with van der Waals surface area (Å²) >= 11 is 0. The molecule has 0 spiro atoms. The molecule has 1 aromatic rings. The maximum atomic E-state index is 5.92. The number of rotatable bonds is 3. The van der Waals surface area contributed by atoms with E-state index in [4.69, 9.17) is 10.5 Å². The lowest BCUT2D eigenvalue weighted by Gasteiger charge is -2.45. The van der Waals surface area contributed by atoms with Crippen molar-refractivity contribution in [2.24, 2.45) is 5.73 Å². The lowest BCUT2D eigenvalue weighted by atomic mass is 10.1. The second-order valence-corrected chi connectivity index (χ2v) is 5.00. The van der Waals surface area contributed by atoms with Crippen molar-refractivity contribution in [3.8, 4) is 5.75 Å². The van der Waals surface area contributed by atoms with E-state index in [2.05, 4.69) is 35.9 Å². The molecule has 2 unspecified atom stereocenters. The minimum atomic E-state index is 0.350. The Morgan fingerprint density at radius 3 is 2.72 bits per heavy atom. The molecule has 4 heteroatoms. The van der Waals surface area contributed by atoms with Gasteiger partial charge in [-0.2, -0.15) is 0 Å². The van der Waals surface area contributed by atoms with Crippen LogP contribution in [0.15, 0.2) is 24.3 Å². The number of likely N-dealkylation sites (N-methyl/N-ethyl adjacent to an activating group) is 1. The number of hydrogen-bond donors (Lipinski definition) is 1. The molecule has 1 heterocycles. The van der Waals surface area contributed by atoms with Crippen LogP contribution in [0, 0.1) is 0 Å². The second-order valence-electron chi connectivity index (χ2n) is 5.00. The van der Waals surface area contributed by atoms with Crippen molar-refractivity contribution in [2.45, 2.75) is 19.0 Å². The van der Waals surface area contributed by atoms with Crippen molar-refractivity contribution in [1.82, 2.24) is 4.90 Å². The van der Waals surface area contributed by atoms with Gasteiger partial charge in [0.1, 0.15) is 5.75 Å². The highest BCUT2D eigenvalue weighted by Crippen LogP contribution is 2.31. The smallest absolute Gasteiger partial charge is 0.142 e. The molecule has 2 N–H and O–H groups in total. The third-order valence-corrected chi connectivity index (χ3v) is 3.82. The van der Waals surface area contributed by atoms with Crippen LogP contribution in [0.25, 0.3) is 0 Å². The minimum Gasteiger partial charge on any atom is -0.495 e. The molecular formula is C14H23N3O. The van der Waals surface area contributed by atoms with Gasteiger partial charge in [-0.25, -0.2) is 0 Å². The maximum absolute atomic E-state index is 5.92. The predicted octanol–water partition coefficient (Wildman–Crippen LogP) is 1.16. The lowest BCUT2D eigenvalue weighted by Crippen LogP contribution is -2.58. The summed E-state index contributed by atoms with van der Waals surface area (Å²) in [6.45, 7) is 4.89. The Labute approximate surface area is 109 Å². The van der Waals surface area contributed by atoms with Crippen LogP contribution >= 0.6 is 0 Å². The topological polar surface area (TPSA) is 41.7 Å². The average Bonchev–Trinajstić information content (AvgIpc) is 2.41. The van der Waals surface area contributed by atoms with Crippen LogP contribution in [0.4, 0.5) is 5.69 Å². The molecule has 0 amide bonds. The molecule has 1 saturated heterocycles. The van der Waals surface area contributed by atoms with E-state index in [1.54, 1.807) is 7.11 Å². The highest BCUT2D eigenvalue weighted by atomic mass is 16.5. The molecule has 2 rings (SSSR count). The van der Waals surface area contributed by atoms with Crippen LogP contribution in [-0.4, -0.2) is 50.8 Å². The van der Waals surface area contributed by atoms with Crippen molar-refractivity contribution in [2.75, 3.05) is 38.7 Å². The van der Waals surface area contributed by atoms with Gasteiger partial charge in [-0.05, 0) is 26.1 Å². The van der Waals surface area contributed by atoms with Gasteiger partial charge < -0.3 is 15.4 Å². The molecule has 0 saturated carbocycles. The largest absolute Gasteiger partial charge is 0.495 e. The van der Waals surface area contributed by atoms with Crippen molar-refractivity contribution in [1.29, 1.82) is 0 Å². The van der Waals surface area contributed by atoms with Gasteiger partial charge in [0.15, 0.2) is 0 Å². The fourth-order valence-electron chi connectivity index (χ4n) is 2.55. The number of hydrogen-bond acceptors (Lipinski definition) is 4. The highest BCUT2D eigenvalue weighted by Gasteiger charge is 2.30. The van der Waals surface area contributed by atoms with Crippen LogP contribution in [0.1, 0.15) is 6.92 Å². The summed E-state index contributed by atoms with van der Waals surface area (Å²) < 4.78 is 5.46. The molecule has 100 valence electrons. The van der Waals surface area contributed by atoms with E-state index >= 15 is 0 Å². The number of nitrogens with two attached hydrogens (primary N) is 1. The summed E-state index contributed by atoms with van der Waals surface area (Å²) in [6, 6.07) is 9.04. The molecule has 4 nitrogen and oxygen atoms in total. The van der Waals surface area contributed by atoms with Crippen LogP contribution in [0.2, 0.25) is 0 Å². The second kappa shape index (κ2) is 5.59. The van der Waals surface area contributed by atoms with E-state index in [0.29, 0.717) is 18.6 Å². The Morgan fingerprint density at radius 2 is 2.06 bits per heavy atom. The molecule has 1 aliphatic rings. The van der Waals surface area contributed by atoms with Gasteiger partial charge >= 0.3 is 0 Å². The number of anilines is 1. The van der Waals surface area contributed by atoms with Gasteiger partial charge in [-0.1, -0.05) is 12.1 Å². The number of methoxy groups -OCH3 is 1. The SMILES string of the molecule is COc1ccccc1N1CC(C)N(C)CC1CN. The van der Waals surface area contributed by atoms with Crippen molar-refractivity contribution >= 4 is 5.69 Å². The number of nitrogens with zero attached hydrogens (tertiary/aromatic N) is 2. The monoisotopic (exact) mass is 249 g/mol. The van der Waals surface area contributed by atoms with Crippen molar-refractivity contribution < 1.29 is 4.74 Å². The van der Waals surface area contributed by atoms with E-state index in [9.17, 15) is 0 Å². The molecule has 18 heavy (non-hydrogen) atoms. The first-order chi connectivity index (χ1) is 8.67. The molecule has 2 atom stereocenters. The summed E-state index contributed by atoms with van der Waals surface area (Å²) in [5, 5.41) is 0. The molecule has 1 aliphatic heterocycles. The Morgan fingerprint density at radius 1 is 1.33 bits per heavy atom. The minimum absolute atomic E-state index is 0.350. The number of para-hydroxylation sites is 2. The van der Waals surface area contributed by atoms with E-state index in [1.807, 2.05) is 12.1 Å². The quantitative estimate of drug-likeness (QED) is 0.873. The summed E-state index contributed by atoms with van der Waals surface area (Å²) in [5.41, 5.74) is 7.07. The van der Waals surface area contributed by atoms with E-state index in [1.165, 1.54) is 0 Å². The van der Waals surface area contributed by atoms with Crippen LogP contribution in [0.3, 0.4) is 0 Å². The Hall–Kier alpha value is -1.26. The van der Waals surface area contributed by atoms with Crippen LogP contribution in [-0.2, 0) is 0 Å².